The van der Waals surface area contributed by atoms with E-state index in [-0.39, 0.29) is 18.1 Å². The fourth-order valence-electron chi connectivity index (χ4n) is 1.69. The van der Waals surface area contributed by atoms with Crippen LogP contribution < -0.4 is 0 Å². The van der Waals surface area contributed by atoms with Gasteiger partial charge in [0.1, 0.15) is 0 Å². The lowest BCUT2D eigenvalue weighted by Gasteiger charge is -2.40. The molecule has 0 bridgehead atoms. The lowest BCUT2D eigenvalue weighted by atomic mass is 9.90. The second-order valence-corrected chi connectivity index (χ2v) is 3.76. The molecule has 0 N–H and O–H groups in total. The number of halogens is 1. The van der Waals surface area contributed by atoms with Gasteiger partial charge in [-0.1, -0.05) is 6.92 Å². The van der Waals surface area contributed by atoms with Crippen LogP contribution in [0.4, 0.5) is 4.39 Å². The second-order valence-electron chi connectivity index (χ2n) is 3.76. The molecular weight excluding hydrogens is 159 g/mol. The van der Waals surface area contributed by atoms with Crippen molar-refractivity contribution in [3.05, 3.63) is 0 Å². The molecule has 0 radical (unpaired) electrons. The maximum absolute atomic E-state index is 13.4. The molecule has 0 spiro atoms. The molecule has 2 nitrogen and oxygen atoms in total. The highest BCUT2D eigenvalue weighted by atomic mass is 19.2. The highest BCUT2D eigenvalue weighted by Crippen LogP contribution is 2.34. The monoisotopic (exact) mass is 176 g/mol. The van der Waals surface area contributed by atoms with Gasteiger partial charge in [0.25, 0.3) is 0 Å². The van der Waals surface area contributed by atoms with Crippen molar-refractivity contribution in [1.82, 2.24) is 0 Å². The first kappa shape index (κ1) is 9.93. The zero-order valence-electron chi connectivity index (χ0n) is 8.13. The fraction of sp³-hybridized carbons (Fsp3) is 1.00. The van der Waals surface area contributed by atoms with Crippen LogP contribution in [0.15, 0.2) is 0 Å². The predicted octanol–water partition coefficient (Wildman–Crippen LogP) is 2.13. The Hall–Kier alpha value is -0.150. The number of methoxy groups -OCH3 is 1. The summed E-state index contributed by atoms with van der Waals surface area (Å²) in [6.45, 7) is 5.36. The summed E-state index contributed by atoms with van der Waals surface area (Å²) in [6, 6.07) is 0. The summed E-state index contributed by atoms with van der Waals surface area (Å²) in [5, 5.41) is 0. The summed E-state index contributed by atoms with van der Waals surface area (Å²) in [7, 11) is 1.62. The molecule has 0 unspecified atom stereocenters. The first-order valence-corrected chi connectivity index (χ1v) is 4.36. The van der Waals surface area contributed by atoms with Gasteiger partial charge in [-0.05, 0) is 13.8 Å². The molecule has 12 heavy (non-hydrogen) atoms. The van der Waals surface area contributed by atoms with E-state index in [4.69, 9.17) is 9.47 Å². The smallest absolute Gasteiger partial charge is 0.209 e. The normalized spacial score (nSPS) is 49.2. The Balaban J connectivity index is 2.65. The maximum Gasteiger partial charge on any atom is 0.209 e. The van der Waals surface area contributed by atoms with E-state index in [0.29, 0.717) is 6.42 Å². The first-order chi connectivity index (χ1) is 5.46. The van der Waals surface area contributed by atoms with Gasteiger partial charge in [-0.15, -0.1) is 0 Å². The Bertz CT molecular complexity index is 159. The van der Waals surface area contributed by atoms with E-state index >= 15 is 0 Å². The van der Waals surface area contributed by atoms with Crippen LogP contribution >= 0.6 is 0 Å². The molecule has 0 saturated carbocycles. The molecule has 72 valence electrons. The zero-order chi connectivity index (χ0) is 9.35. The zero-order valence-corrected chi connectivity index (χ0v) is 8.13. The van der Waals surface area contributed by atoms with E-state index in [9.17, 15) is 4.39 Å². The standard InChI is InChI=1S/C9H17FO2/c1-6-7(2)12-9(3,10)5-8(6)11-4/h6-8H,5H2,1-4H3/t6-,7-,8-,9-/m0/s1. The lowest BCUT2D eigenvalue weighted by molar-refractivity contribution is -0.238. The van der Waals surface area contributed by atoms with E-state index in [1.54, 1.807) is 7.11 Å². The van der Waals surface area contributed by atoms with Crippen molar-refractivity contribution in [3.8, 4) is 0 Å². The third kappa shape index (κ3) is 1.96. The number of hydrogen-bond donors (Lipinski definition) is 0. The van der Waals surface area contributed by atoms with Gasteiger partial charge in [-0.25, -0.2) is 4.39 Å². The summed E-state index contributed by atoms with van der Waals surface area (Å²) in [4.78, 5) is 0. The third-order valence-corrected chi connectivity index (χ3v) is 2.63. The largest absolute Gasteiger partial charge is 0.381 e. The molecule has 4 atom stereocenters. The van der Waals surface area contributed by atoms with Gasteiger partial charge >= 0.3 is 0 Å². The Kier molecular flexibility index (Phi) is 2.74. The van der Waals surface area contributed by atoms with Crippen molar-refractivity contribution in [3.63, 3.8) is 0 Å². The van der Waals surface area contributed by atoms with Crippen LogP contribution in [-0.4, -0.2) is 25.2 Å². The fourth-order valence-corrected chi connectivity index (χ4v) is 1.69. The summed E-state index contributed by atoms with van der Waals surface area (Å²) in [6.07, 6.45) is 0.233. The number of rotatable bonds is 1. The van der Waals surface area contributed by atoms with E-state index in [1.165, 1.54) is 6.92 Å². The van der Waals surface area contributed by atoms with Crippen LogP contribution in [0.5, 0.6) is 0 Å². The van der Waals surface area contributed by atoms with Crippen molar-refractivity contribution in [2.24, 2.45) is 5.92 Å². The topological polar surface area (TPSA) is 18.5 Å². The molecule has 1 fully saturated rings. The summed E-state index contributed by atoms with van der Waals surface area (Å²) in [5.74, 6) is -1.26. The molecule has 1 rings (SSSR count). The van der Waals surface area contributed by atoms with Crippen LogP contribution in [0.3, 0.4) is 0 Å². The second kappa shape index (κ2) is 3.30. The first-order valence-electron chi connectivity index (χ1n) is 4.36. The lowest BCUT2D eigenvalue weighted by Crippen LogP contribution is -2.46. The molecule has 1 heterocycles. The SMILES string of the molecule is CO[C@H]1C[C@@](C)(F)O[C@@H](C)[C@@H]1C. The van der Waals surface area contributed by atoms with E-state index in [0.717, 1.165) is 0 Å². The Morgan fingerprint density at radius 2 is 2.08 bits per heavy atom. The summed E-state index contributed by atoms with van der Waals surface area (Å²) in [5.41, 5.74) is 0. The minimum absolute atomic E-state index is 0.0243. The highest BCUT2D eigenvalue weighted by Gasteiger charge is 2.41. The summed E-state index contributed by atoms with van der Waals surface area (Å²) >= 11 is 0. The van der Waals surface area contributed by atoms with Crippen molar-refractivity contribution in [1.29, 1.82) is 0 Å². The van der Waals surface area contributed by atoms with Crippen molar-refractivity contribution in [2.75, 3.05) is 7.11 Å². The molecule has 1 aliphatic rings. The molecule has 3 heteroatoms. The maximum atomic E-state index is 13.4. The van der Waals surface area contributed by atoms with Crippen LogP contribution in [0.25, 0.3) is 0 Å². The van der Waals surface area contributed by atoms with Crippen LogP contribution in [0.2, 0.25) is 0 Å². The molecule has 1 aliphatic heterocycles. The molecule has 0 aromatic rings. The van der Waals surface area contributed by atoms with Gasteiger partial charge < -0.3 is 9.47 Å². The van der Waals surface area contributed by atoms with Gasteiger partial charge in [0, 0.05) is 19.4 Å². The minimum Gasteiger partial charge on any atom is -0.381 e. The molecule has 0 aromatic heterocycles. The van der Waals surface area contributed by atoms with E-state index < -0.39 is 5.85 Å². The van der Waals surface area contributed by atoms with Crippen molar-refractivity contribution >= 4 is 0 Å². The highest BCUT2D eigenvalue weighted by molar-refractivity contribution is 4.83. The summed E-state index contributed by atoms with van der Waals surface area (Å²) < 4.78 is 23.8. The number of ether oxygens (including phenoxy) is 2. The van der Waals surface area contributed by atoms with Gasteiger partial charge in [0.15, 0.2) is 0 Å². The van der Waals surface area contributed by atoms with Gasteiger partial charge in [-0.3, -0.25) is 0 Å². The molecule has 1 saturated heterocycles. The van der Waals surface area contributed by atoms with Gasteiger partial charge in [-0.2, -0.15) is 0 Å². The average molecular weight is 176 g/mol. The Labute approximate surface area is 73.0 Å². The van der Waals surface area contributed by atoms with Crippen LogP contribution in [-0.2, 0) is 9.47 Å². The predicted molar refractivity (Wildman–Crippen MR) is 44.6 cm³/mol. The Morgan fingerprint density at radius 3 is 2.58 bits per heavy atom. The Morgan fingerprint density at radius 1 is 1.50 bits per heavy atom. The van der Waals surface area contributed by atoms with Gasteiger partial charge in [0.2, 0.25) is 5.85 Å². The van der Waals surface area contributed by atoms with E-state index in [1.807, 2.05) is 13.8 Å². The molecule has 0 aromatic carbocycles. The average Bonchev–Trinajstić information content (AvgIpc) is 1.96. The molecular formula is C9H17FO2. The quantitative estimate of drug-likeness (QED) is 0.609. The van der Waals surface area contributed by atoms with Gasteiger partial charge in [0.05, 0.1) is 12.2 Å². The van der Waals surface area contributed by atoms with Crippen molar-refractivity contribution < 1.29 is 13.9 Å². The molecule has 0 amide bonds. The van der Waals surface area contributed by atoms with Crippen molar-refractivity contribution in [2.45, 2.75) is 45.3 Å². The van der Waals surface area contributed by atoms with Crippen LogP contribution in [0.1, 0.15) is 27.2 Å². The number of alkyl halides is 1. The number of hydrogen-bond acceptors (Lipinski definition) is 2. The molecule has 0 aliphatic carbocycles. The third-order valence-electron chi connectivity index (χ3n) is 2.63. The van der Waals surface area contributed by atoms with E-state index in [2.05, 4.69) is 0 Å². The van der Waals surface area contributed by atoms with Crippen LogP contribution in [0, 0.1) is 5.92 Å². The minimum atomic E-state index is -1.52.